The molecule has 4 nitrogen and oxygen atoms in total. The predicted molar refractivity (Wildman–Crippen MR) is 74.1 cm³/mol. The van der Waals surface area contributed by atoms with Crippen molar-refractivity contribution in [2.45, 2.75) is 13.0 Å². The highest BCUT2D eigenvalue weighted by molar-refractivity contribution is 6.33. The maximum Gasteiger partial charge on any atom is 0.239 e. The molecule has 1 saturated heterocycles. The molecular weight excluding hydrogens is 250 g/mol. The molecule has 0 spiro atoms. The Kier molecular flexibility index (Phi) is 4.44. The molecule has 2 N–H and O–H groups in total. The van der Waals surface area contributed by atoms with Gasteiger partial charge in [0.1, 0.15) is 0 Å². The first kappa shape index (κ1) is 13.2. The van der Waals surface area contributed by atoms with Crippen LogP contribution < -0.4 is 15.5 Å². The second kappa shape index (κ2) is 6.07. The molecule has 1 aliphatic rings. The second-order valence-corrected chi connectivity index (χ2v) is 4.85. The number of carbonyl (C=O) groups is 1. The predicted octanol–water partition coefficient (Wildman–Crippen LogP) is 1.39. The molecule has 0 atom stereocenters. The number of hydrogen-bond acceptors (Lipinski definition) is 3. The maximum atomic E-state index is 11.5. The summed E-state index contributed by atoms with van der Waals surface area (Å²) in [6.07, 6.45) is 0.945. The monoisotopic (exact) mass is 267 g/mol. The first-order chi connectivity index (χ1) is 8.70. The van der Waals surface area contributed by atoms with Crippen LogP contribution in [-0.4, -0.2) is 32.6 Å². The second-order valence-electron chi connectivity index (χ2n) is 4.44. The molecule has 1 heterocycles. The molecule has 2 rings (SSSR count). The summed E-state index contributed by atoms with van der Waals surface area (Å²) < 4.78 is 0. The average molecular weight is 268 g/mol. The van der Waals surface area contributed by atoms with Gasteiger partial charge in [-0.15, -0.1) is 0 Å². The Labute approximate surface area is 112 Å². The minimum atomic E-state index is 0.0582. The SMILES string of the molecule is CNCc1ccc(N2CCCNC(=O)C2)c(Cl)c1. The van der Waals surface area contributed by atoms with E-state index in [0.717, 1.165) is 37.3 Å². The molecule has 1 aromatic rings. The van der Waals surface area contributed by atoms with E-state index in [9.17, 15) is 4.79 Å². The van der Waals surface area contributed by atoms with Gasteiger partial charge in [-0.1, -0.05) is 17.7 Å². The molecular formula is C13H18ClN3O. The Morgan fingerprint density at radius 2 is 2.33 bits per heavy atom. The Bertz CT molecular complexity index is 436. The topological polar surface area (TPSA) is 44.4 Å². The molecule has 0 unspecified atom stereocenters. The summed E-state index contributed by atoms with van der Waals surface area (Å²) in [5.41, 5.74) is 2.08. The highest BCUT2D eigenvalue weighted by Crippen LogP contribution is 2.27. The van der Waals surface area contributed by atoms with Crippen LogP contribution in [0.4, 0.5) is 5.69 Å². The summed E-state index contributed by atoms with van der Waals surface area (Å²) in [7, 11) is 1.90. The number of anilines is 1. The minimum absolute atomic E-state index is 0.0582. The lowest BCUT2D eigenvalue weighted by atomic mass is 10.2. The van der Waals surface area contributed by atoms with Crippen LogP contribution in [0, 0.1) is 0 Å². The number of halogens is 1. The van der Waals surface area contributed by atoms with Crippen LogP contribution >= 0.6 is 11.6 Å². The van der Waals surface area contributed by atoms with Crippen LogP contribution in [0.3, 0.4) is 0 Å². The van der Waals surface area contributed by atoms with Crippen LogP contribution in [-0.2, 0) is 11.3 Å². The number of carbonyl (C=O) groups excluding carboxylic acids is 1. The van der Waals surface area contributed by atoms with E-state index in [1.54, 1.807) is 0 Å². The minimum Gasteiger partial charge on any atom is -0.361 e. The van der Waals surface area contributed by atoms with Gasteiger partial charge in [0.25, 0.3) is 0 Å². The summed E-state index contributed by atoms with van der Waals surface area (Å²) in [5.74, 6) is 0.0582. The fraction of sp³-hybridized carbons (Fsp3) is 0.462. The van der Waals surface area contributed by atoms with Gasteiger partial charge < -0.3 is 15.5 Å². The number of nitrogens with zero attached hydrogens (tertiary/aromatic N) is 1. The molecule has 1 aromatic carbocycles. The highest BCUT2D eigenvalue weighted by Gasteiger charge is 2.17. The number of rotatable bonds is 3. The Morgan fingerprint density at radius 3 is 3.06 bits per heavy atom. The standard InChI is InChI=1S/C13H18ClN3O/c1-15-8-10-3-4-12(11(14)7-10)17-6-2-5-16-13(18)9-17/h3-4,7,15H,2,5-6,8-9H2,1H3,(H,16,18). The zero-order chi connectivity index (χ0) is 13.0. The lowest BCUT2D eigenvalue weighted by Crippen LogP contribution is -2.33. The van der Waals surface area contributed by atoms with Crippen molar-refractivity contribution in [3.05, 3.63) is 28.8 Å². The summed E-state index contributed by atoms with van der Waals surface area (Å²) in [5, 5.41) is 6.66. The van der Waals surface area contributed by atoms with Gasteiger partial charge in [-0.3, -0.25) is 4.79 Å². The molecule has 1 aliphatic heterocycles. The van der Waals surface area contributed by atoms with Crippen molar-refractivity contribution in [1.82, 2.24) is 10.6 Å². The van der Waals surface area contributed by atoms with Crippen molar-refractivity contribution in [3.8, 4) is 0 Å². The fourth-order valence-electron chi connectivity index (χ4n) is 2.13. The average Bonchev–Trinajstić information content (AvgIpc) is 2.54. The van der Waals surface area contributed by atoms with Gasteiger partial charge in [-0.05, 0) is 31.2 Å². The van der Waals surface area contributed by atoms with E-state index >= 15 is 0 Å². The van der Waals surface area contributed by atoms with Gasteiger partial charge in [0.15, 0.2) is 0 Å². The summed E-state index contributed by atoms with van der Waals surface area (Å²) in [4.78, 5) is 13.6. The molecule has 0 aliphatic carbocycles. The lowest BCUT2D eigenvalue weighted by molar-refractivity contribution is -0.119. The lowest BCUT2D eigenvalue weighted by Gasteiger charge is -2.22. The molecule has 1 amide bonds. The Morgan fingerprint density at radius 1 is 1.50 bits per heavy atom. The van der Waals surface area contributed by atoms with Crippen molar-refractivity contribution in [3.63, 3.8) is 0 Å². The zero-order valence-corrected chi connectivity index (χ0v) is 11.3. The Balaban J connectivity index is 2.18. The van der Waals surface area contributed by atoms with Gasteiger partial charge in [-0.2, -0.15) is 0 Å². The summed E-state index contributed by atoms with van der Waals surface area (Å²) in [6, 6.07) is 5.99. The van der Waals surface area contributed by atoms with E-state index in [1.165, 1.54) is 0 Å². The Hall–Kier alpha value is -1.26. The van der Waals surface area contributed by atoms with Crippen LogP contribution in [0.1, 0.15) is 12.0 Å². The number of amides is 1. The van der Waals surface area contributed by atoms with Crippen molar-refractivity contribution >= 4 is 23.2 Å². The maximum absolute atomic E-state index is 11.5. The van der Waals surface area contributed by atoms with Gasteiger partial charge >= 0.3 is 0 Å². The van der Waals surface area contributed by atoms with Crippen molar-refractivity contribution in [2.75, 3.05) is 31.6 Å². The van der Waals surface area contributed by atoms with Gasteiger partial charge in [0.2, 0.25) is 5.91 Å². The van der Waals surface area contributed by atoms with Gasteiger partial charge in [-0.25, -0.2) is 0 Å². The van der Waals surface area contributed by atoms with Gasteiger partial charge in [0.05, 0.1) is 17.3 Å². The van der Waals surface area contributed by atoms with Crippen LogP contribution in [0.5, 0.6) is 0 Å². The van der Waals surface area contributed by atoms with E-state index in [2.05, 4.69) is 10.6 Å². The third-order valence-corrected chi connectivity index (χ3v) is 3.30. The first-order valence-electron chi connectivity index (χ1n) is 6.15. The molecule has 18 heavy (non-hydrogen) atoms. The van der Waals surface area contributed by atoms with Crippen molar-refractivity contribution < 1.29 is 4.79 Å². The highest BCUT2D eigenvalue weighted by atomic mass is 35.5. The molecule has 98 valence electrons. The number of benzene rings is 1. The molecule has 0 saturated carbocycles. The molecule has 1 fully saturated rings. The summed E-state index contributed by atoms with van der Waals surface area (Å²) >= 11 is 6.30. The molecule has 5 heteroatoms. The largest absolute Gasteiger partial charge is 0.361 e. The van der Waals surface area contributed by atoms with Crippen molar-refractivity contribution in [2.24, 2.45) is 0 Å². The van der Waals surface area contributed by atoms with E-state index in [4.69, 9.17) is 11.6 Å². The molecule has 0 radical (unpaired) electrons. The van der Waals surface area contributed by atoms with Crippen LogP contribution in [0.25, 0.3) is 0 Å². The van der Waals surface area contributed by atoms with Crippen LogP contribution in [0.2, 0.25) is 5.02 Å². The molecule has 0 aromatic heterocycles. The van der Waals surface area contributed by atoms with Crippen LogP contribution in [0.15, 0.2) is 18.2 Å². The van der Waals surface area contributed by atoms with Crippen molar-refractivity contribution in [1.29, 1.82) is 0 Å². The number of hydrogen-bond donors (Lipinski definition) is 2. The third kappa shape index (κ3) is 3.15. The van der Waals surface area contributed by atoms with E-state index in [1.807, 2.05) is 30.1 Å². The van der Waals surface area contributed by atoms with E-state index in [0.29, 0.717) is 11.6 Å². The zero-order valence-electron chi connectivity index (χ0n) is 10.5. The quantitative estimate of drug-likeness (QED) is 0.870. The van der Waals surface area contributed by atoms with Gasteiger partial charge in [0, 0.05) is 19.6 Å². The third-order valence-electron chi connectivity index (χ3n) is 3.00. The van der Waals surface area contributed by atoms with E-state index < -0.39 is 0 Å². The normalized spacial score (nSPS) is 16.3. The van der Waals surface area contributed by atoms with E-state index in [-0.39, 0.29) is 5.91 Å². The smallest absolute Gasteiger partial charge is 0.239 e. The summed E-state index contributed by atoms with van der Waals surface area (Å²) in [6.45, 7) is 2.76. The fourth-order valence-corrected chi connectivity index (χ4v) is 2.46. The number of nitrogens with one attached hydrogen (secondary N) is 2. The first-order valence-corrected chi connectivity index (χ1v) is 6.53. The molecule has 0 bridgehead atoms.